The van der Waals surface area contributed by atoms with Crippen molar-refractivity contribution in [3.05, 3.63) is 23.8 Å². The van der Waals surface area contributed by atoms with Gasteiger partial charge in [-0.2, -0.15) is 0 Å². The topological polar surface area (TPSA) is 90.3 Å². The van der Waals surface area contributed by atoms with E-state index in [0.29, 0.717) is 0 Å². The molecule has 0 bridgehead atoms. The van der Waals surface area contributed by atoms with Gasteiger partial charge in [0.25, 0.3) is 0 Å². The van der Waals surface area contributed by atoms with Crippen LogP contribution in [0.3, 0.4) is 0 Å². The van der Waals surface area contributed by atoms with Gasteiger partial charge in [-0.25, -0.2) is 4.79 Å². The minimum Gasteiger partial charge on any atom is -0.508 e. The van der Waals surface area contributed by atoms with Crippen LogP contribution in [0.4, 0.5) is 0 Å². The number of aromatic hydroxyl groups is 2. The SMILES string of the molecule is O=C(O)C1(c2cc(O)cc(O)c2)CO1. The lowest BCUT2D eigenvalue weighted by atomic mass is 10.00. The predicted octanol–water partition coefficient (Wildman–Crippen LogP) is 0.408. The number of hydrogen-bond donors (Lipinski definition) is 3. The molecule has 1 aromatic rings. The van der Waals surface area contributed by atoms with E-state index in [0.717, 1.165) is 6.07 Å². The number of carboxylic acids is 1. The summed E-state index contributed by atoms with van der Waals surface area (Å²) in [5.74, 6) is -1.49. The smallest absolute Gasteiger partial charge is 0.343 e. The van der Waals surface area contributed by atoms with Gasteiger partial charge >= 0.3 is 5.97 Å². The molecule has 3 N–H and O–H groups in total. The van der Waals surface area contributed by atoms with Gasteiger partial charge < -0.3 is 20.1 Å². The van der Waals surface area contributed by atoms with E-state index >= 15 is 0 Å². The summed E-state index contributed by atoms with van der Waals surface area (Å²) in [6.45, 7) is 0.0607. The maximum absolute atomic E-state index is 10.8. The number of carboxylic acid groups (broad SMARTS) is 1. The van der Waals surface area contributed by atoms with Crippen LogP contribution in [0.25, 0.3) is 0 Å². The molecule has 0 radical (unpaired) electrons. The van der Waals surface area contributed by atoms with E-state index in [4.69, 9.17) is 20.1 Å². The summed E-state index contributed by atoms with van der Waals surface area (Å²) < 4.78 is 4.83. The normalized spacial score (nSPS) is 24.6. The zero-order valence-electron chi connectivity index (χ0n) is 7.10. The zero-order chi connectivity index (χ0) is 10.3. The summed E-state index contributed by atoms with van der Waals surface area (Å²) >= 11 is 0. The van der Waals surface area contributed by atoms with Crippen molar-refractivity contribution in [2.24, 2.45) is 0 Å². The fraction of sp³-hybridized carbons (Fsp3) is 0.222. The van der Waals surface area contributed by atoms with Crippen molar-refractivity contribution in [3.63, 3.8) is 0 Å². The Morgan fingerprint density at radius 3 is 2.14 bits per heavy atom. The molecule has 0 amide bonds. The molecule has 1 saturated heterocycles. The van der Waals surface area contributed by atoms with E-state index in [2.05, 4.69) is 0 Å². The third kappa shape index (κ3) is 1.18. The molecular weight excluding hydrogens is 188 g/mol. The van der Waals surface area contributed by atoms with Crippen LogP contribution < -0.4 is 0 Å². The minimum absolute atomic E-state index is 0.0607. The third-order valence-corrected chi connectivity index (χ3v) is 2.15. The van der Waals surface area contributed by atoms with E-state index in [9.17, 15) is 4.79 Å². The number of carbonyl (C=O) groups is 1. The average Bonchev–Trinajstić information content (AvgIpc) is 2.81. The van der Waals surface area contributed by atoms with Gasteiger partial charge in [0.1, 0.15) is 11.5 Å². The lowest BCUT2D eigenvalue weighted by Crippen LogP contribution is -2.21. The molecule has 2 rings (SSSR count). The van der Waals surface area contributed by atoms with Gasteiger partial charge in [0.15, 0.2) is 0 Å². The summed E-state index contributed by atoms with van der Waals surface area (Å²) in [5, 5.41) is 27.2. The van der Waals surface area contributed by atoms with Crippen molar-refractivity contribution in [3.8, 4) is 11.5 Å². The molecule has 1 aliphatic heterocycles. The number of hydrogen-bond acceptors (Lipinski definition) is 4. The van der Waals surface area contributed by atoms with Crippen LogP contribution >= 0.6 is 0 Å². The monoisotopic (exact) mass is 196 g/mol. The van der Waals surface area contributed by atoms with Crippen molar-refractivity contribution in [2.75, 3.05) is 6.61 Å². The Morgan fingerprint density at radius 1 is 1.29 bits per heavy atom. The number of aliphatic carboxylic acids is 1. The standard InChI is InChI=1S/C9H8O5/c10-6-1-5(2-7(11)3-6)9(4-14-9)8(12)13/h1-3,10-11H,4H2,(H,12,13). The molecule has 5 heteroatoms. The number of benzene rings is 1. The van der Waals surface area contributed by atoms with E-state index in [1.165, 1.54) is 12.1 Å². The first kappa shape index (κ1) is 8.83. The molecule has 1 unspecified atom stereocenters. The lowest BCUT2D eigenvalue weighted by Gasteiger charge is -2.07. The molecule has 1 atom stereocenters. The molecular formula is C9H8O5. The van der Waals surface area contributed by atoms with Crippen molar-refractivity contribution in [1.82, 2.24) is 0 Å². The highest BCUT2D eigenvalue weighted by molar-refractivity contribution is 5.82. The van der Waals surface area contributed by atoms with Crippen molar-refractivity contribution in [1.29, 1.82) is 0 Å². The average molecular weight is 196 g/mol. The van der Waals surface area contributed by atoms with Crippen molar-refractivity contribution in [2.45, 2.75) is 5.60 Å². The summed E-state index contributed by atoms with van der Waals surface area (Å²) in [6.07, 6.45) is 0. The van der Waals surface area contributed by atoms with E-state index in [-0.39, 0.29) is 23.7 Å². The molecule has 1 aliphatic rings. The second kappa shape index (κ2) is 2.62. The molecule has 1 heterocycles. The Hall–Kier alpha value is -1.75. The Balaban J connectivity index is 2.47. The third-order valence-electron chi connectivity index (χ3n) is 2.15. The van der Waals surface area contributed by atoms with Crippen molar-refractivity contribution >= 4 is 5.97 Å². The molecule has 0 spiro atoms. The summed E-state index contributed by atoms with van der Waals surface area (Å²) in [4.78, 5) is 10.8. The van der Waals surface area contributed by atoms with Crippen LogP contribution in [0.15, 0.2) is 18.2 Å². The van der Waals surface area contributed by atoms with Crippen LogP contribution in [0.5, 0.6) is 11.5 Å². The van der Waals surface area contributed by atoms with Gasteiger partial charge in [-0.1, -0.05) is 0 Å². The maximum Gasteiger partial charge on any atom is 0.343 e. The van der Waals surface area contributed by atoms with Crippen LogP contribution in [-0.2, 0) is 15.1 Å². The van der Waals surface area contributed by atoms with E-state index in [1.54, 1.807) is 0 Å². The van der Waals surface area contributed by atoms with E-state index < -0.39 is 11.6 Å². The fourth-order valence-corrected chi connectivity index (χ4v) is 1.31. The highest BCUT2D eigenvalue weighted by Crippen LogP contribution is 2.41. The molecule has 5 nitrogen and oxygen atoms in total. The highest BCUT2D eigenvalue weighted by Gasteiger charge is 2.54. The first-order chi connectivity index (χ1) is 6.54. The van der Waals surface area contributed by atoms with Crippen LogP contribution in [0.2, 0.25) is 0 Å². The minimum atomic E-state index is -1.38. The second-order valence-corrected chi connectivity index (χ2v) is 3.16. The Bertz CT molecular complexity index is 374. The van der Waals surface area contributed by atoms with Gasteiger partial charge in [-0.3, -0.25) is 0 Å². The van der Waals surface area contributed by atoms with Crippen molar-refractivity contribution < 1.29 is 24.9 Å². The first-order valence-corrected chi connectivity index (χ1v) is 3.95. The highest BCUT2D eigenvalue weighted by atomic mass is 16.6. The Labute approximate surface area is 79.2 Å². The van der Waals surface area contributed by atoms with Gasteiger partial charge in [-0.05, 0) is 12.1 Å². The second-order valence-electron chi connectivity index (χ2n) is 3.16. The number of ether oxygens (including phenoxy) is 1. The molecule has 14 heavy (non-hydrogen) atoms. The van der Waals surface area contributed by atoms with Gasteiger partial charge in [-0.15, -0.1) is 0 Å². The first-order valence-electron chi connectivity index (χ1n) is 3.95. The zero-order valence-corrected chi connectivity index (χ0v) is 7.10. The molecule has 0 aromatic heterocycles. The summed E-state index contributed by atoms with van der Waals surface area (Å²) in [7, 11) is 0. The molecule has 74 valence electrons. The lowest BCUT2D eigenvalue weighted by molar-refractivity contribution is -0.143. The molecule has 1 aromatic carbocycles. The predicted molar refractivity (Wildman–Crippen MR) is 45.0 cm³/mol. The van der Waals surface area contributed by atoms with E-state index in [1.807, 2.05) is 0 Å². The fourth-order valence-electron chi connectivity index (χ4n) is 1.31. The summed E-state index contributed by atoms with van der Waals surface area (Å²) in [6, 6.07) is 3.66. The summed E-state index contributed by atoms with van der Waals surface area (Å²) in [5.41, 5.74) is -1.13. The Morgan fingerprint density at radius 2 is 1.79 bits per heavy atom. The number of epoxide rings is 1. The molecule has 0 aliphatic carbocycles. The number of phenolic OH excluding ortho intramolecular Hbond substituents is 2. The van der Waals surface area contributed by atoms with Crippen LogP contribution in [0, 0.1) is 0 Å². The quantitative estimate of drug-likeness (QED) is 0.596. The number of phenols is 2. The van der Waals surface area contributed by atoms with Crippen LogP contribution in [-0.4, -0.2) is 27.9 Å². The maximum atomic E-state index is 10.8. The van der Waals surface area contributed by atoms with Gasteiger partial charge in [0.2, 0.25) is 5.60 Å². The van der Waals surface area contributed by atoms with Gasteiger partial charge in [0.05, 0.1) is 6.61 Å². The van der Waals surface area contributed by atoms with Crippen LogP contribution in [0.1, 0.15) is 5.56 Å². The largest absolute Gasteiger partial charge is 0.508 e. The Kier molecular flexibility index (Phi) is 1.65. The molecule has 0 saturated carbocycles. The molecule has 1 fully saturated rings. The van der Waals surface area contributed by atoms with Gasteiger partial charge in [0, 0.05) is 11.6 Å². The number of rotatable bonds is 2.